The SMILES string of the molecule is Cc1nc(-c2sc(Cl)cc2CN=C2NOC=C(CC3CC3)N2)ncc1O[C@H]1CCC[C@H](C(=O)O)C1. The summed E-state index contributed by atoms with van der Waals surface area (Å²) in [4.78, 5) is 31.4. The number of aryl methyl sites for hydroxylation is 1. The van der Waals surface area contributed by atoms with Crippen molar-refractivity contribution in [3.05, 3.63) is 39.8 Å². The number of carboxylic acid groups (broad SMARTS) is 1. The lowest BCUT2D eigenvalue weighted by Crippen LogP contribution is -2.40. The first-order valence-electron chi connectivity index (χ1n) is 11.9. The number of nitrogens with one attached hydrogen (secondary N) is 2. The van der Waals surface area contributed by atoms with E-state index < -0.39 is 5.97 Å². The van der Waals surface area contributed by atoms with Crippen LogP contribution in [0.15, 0.2) is 29.2 Å². The molecule has 2 aromatic rings. The van der Waals surface area contributed by atoms with Gasteiger partial charge in [0.2, 0.25) is 5.96 Å². The number of carbonyl (C=O) groups is 1. The Hall–Kier alpha value is -2.85. The molecule has 9 nitrogen and oxygen atoms in total. The predicted octanol–water partition coefficient (Wildman–Crippen LogP) is 4.81. The zero-order valence-electron chi connectivity index (χ0n) is 19.4. The average molecular weight is 518 g/mol. The van der Waals surface area contributed by atoms with Crippen LogP contribution >= 0.6 is 22.9 Å². The summed E-state index contributed by atoms with van der Waals surface area (Å²) in [5.41, 5.74) is 5.43. The number of hydroxylamine groups is 1. The van der Waals surface area contributed by atoms with Crippen molar-refractivity contribution in [2.24, 2.45) is 16.8 Å². The number of hydrogen-bond acceptors (Lipinski definition) is 7. The molecule has 1 aliphatic heterocycles. The predicted molar refractivity (Wildman–Crippen MR) is 133 cm³/mol. The maximum absolute atomic E-state index is 11.4. The van der Waals surface area contributed by atoms with Gasteiger partial charge in [0.15, 0.2) is 11.6 Å². The smallest absolute Gasteiger partial charge is 0.306 e. The molecule has 35 heavy (non-hydrogen) atoms. The Morgan fingerprint density at radius 2 is 2.23 bits per heavy atom. The molecule has 3 N–H and O–H groups in total. The Labute approximate surface area is 212 Å². The molecule has 3 heterocycles. The van der Waals surface area contributed by atoms with Gasteiger partial charge in [-0.05, 0) is 69.4 Å². The zero-order valence-corrected chi connectivity index (χ0v) is 21.0. The number of thiophene rings is 1. The van der Waals surface area contributed by atoms with Gasteiger partial charge in [0, 0.05) is 0 Å². The summed E-state index contributed by atoms with van der Waals surface area (Å²) in [5.74, 6) is 1.33. The molecule has 0 aromatic carbocycles. The Kier molecular flexibility index (Phi) is 7.10. The largest absolute Gasteiger partial charge is 0.487 e. The molecule has 0 saturated heterocycles. The number of guanidine groups is 1. The van der Waals surface area contributed by atoms with Crippen LogP contribution in [0.25, 0.3) is 10.7 Å². The Morgan fingerprint density at radius 1 is 1.37 bits per heavy atom. The van der Waals surface area contributed by atoms with Crippen molar-refractivity contribution in [1.29, 1.82) is 0 Å². The van der Waals surface area contributed by atoms with Gasteiger partial charge in [-0.1, -0.05) is 11.6 Å². The molecule has 5 rings (SSSR count). The fourth-order valence-electron chi connectivity index (χ4n) is 4.37. The number of nitrogens with zero attached hydrogens (tertiary/aromatic N) is 3. The molecule has 186 valence electrons. The molecular weight excluding hydrogens is 490 g/mol. The van der Waals surface area contributed by atoms with Crippen molar-refractivity contribution < 1.29 is 19.5 Å². The lowest BCUT2D eigenvalue weighted by Gasteiger charge is -2.27. The number of aliphatic imine (C=N–C) groups is 1. The molecule has 3 aliphatic rings. The molecule has 2 atom stereocenters. The van der Waals surface area contributed by atoms with E-state index in [1.165, 1.54) is 24.2 Å². The monoisotopic (exact) mass is 517 g/mol. The normalized spacial score (nSPS) is 23.1. The van der Waals surface area contributed by atoms with Crippen LogP contribution in [0.2, 0.25) is 4.34 Å². The van der Waals surface area contributed by atoms with Crippen molar-refractivity contribution in [3.8, 4) is 16.5 Å². The van der Waals surface area contributed by atoms with Crippen LogP contribution in [-0.4, -0.2) is 33.1 Å². The van der Waals surface area contributed by atoms with E-state index in [9.17, 15) is 9.90 Å². The molecule has 2 fully saturated rings. The summed E-state index contributed by atoms with van der Waals surface area (Å²) in [5, 5.41) is 12.6. The van der Waals surface area contributed by atoms with E-state index in [-0.39, 0.29) is 12.0 Å². The second kappa shape index (κ2) is 10.4. The van der Waals surface area contributed by atoms with Gasteiger partial charge < -0.3 is 20.0 Å². The molecular formula is C24H28ClN5O4S. The molecule has 2 aliphatic carbocycles. The van der Waals surface area contributed by atoms with Crippen molar-refractivity contribution in [3.63, 3.8) is 0 Å². The number of ether oxygens (including phenoxy) is 1. The summed E-state index contributed by atoms with van der Waals surface area (Å²) in [6.07, 6.45) is 9.59. The second-order valence-electron chi connectivity index (χ2n) is 9.29. The number of rotatable bonds is 8. The Bertz CT molecular complexity index is 1160. The third-order valence-electron chi connectivity index (χ3n) is 6.43. The molecule has 0 unspecified atom stereocenters. The first-order valence-corrected chi connectivity index (χ1v) is 13.1. The van der Waals surface area contributed by atoms with E-state index in [1.54, 1.807) is 12.5 Å². The minimum Gasteiger partial charge on any atom is -0.487 e. The molecule has 0 bridgehead atoms. The minimum atomic E-state index is -0.757. The summed E-state index contributed by atoms with van der Waals surface area (Å²) in [7, 11) is 0. The third-order valence-corrected chi connectivity index (χ3v) is 7.74. The molecule has 0 amide bonds. The van der Waals surface area contributed by atoms with Crippen molar-refractivity contribution in [1.82, 2.24) is 20.8 Å². The molecule has 0 spiro atoms. The third kappa shape index (κ3) is 6.05. The van der Waals surface area contributed by atoms with E-state index in [0.29, 0.717) is 47.0 Å². The van der Waals surface area contributed by atoms with Crippen molar-refractivity contribution in [2.75, 3.05) is 0 Å². The minimum absolute atomic E-state index is 0.142. The summed E-state index contributed by atoms with van der Waals surface area (Å²) >= 11 is 7.75. The highest BCUT2D eigenvalue weighted by molar-refractivity contribution is 7.19. The molecule has 2 saturated carbocycles. The number of halogens is 1. The van der Waals surface area contributed by atoms with Crippen LogP contribution in [0.3, 0.4) is 0 Å². The van der Waals surface area contributed by atoms with E-state index in [0.717, 1.165) is 41.3 Å². The highest BCUT2D eigenvalue weighted by Crippen LogP contribution is 2.36. The summed E-state index contributed by atoms with van der Waals surface area (Å²) in [6, 6.07) is 1.88. The van der Waals surface area contributed by atoms with E-state index in [4.69, 9.17) is 21.2 Å². The maximum Gasteiger partial charge on any atom is 0.306 e. The first kappa shape index (κ1) is 23.9. The van der Waals surface area contributed by atoms with Crippen LogP contribution in [0.4, 0.5) is 0 Å². The van der Waals surface area contributed by atoms with Crippen LogP contribution in [0.1, 0.15) is 56.2 Å². The first-order chi connectivity index (χ1) is 16.9. The van der Waals surface area contributed by atoms with Crippen LogP contribution < -0.4 is 15.5 Å². The maximum atomic E-state index is 11.4. The molecule has 0 radical (unpaired) electrons. The van der Waals surface area contributed by atoms with Crippen molar-refractivity contribution in [2.45, 2.75) is 64.5 Å². The Morgan fingerprint density at radius 3 is 3.00 bits per heavy atom. The number of aromatic nitrogens is 2. The lowest BCUT2D eigenvalue weighted by atomic mass is 9.87. The standard InChI is InChI=1S/C24H28ClN5O4S/c1-13-19(34-18-4-2-3-15(8-18)23(31)32)11-26-22(28-13)21-16(9-20(25)35-21)10-27-24-29-17(12-33-30-24)7-14-5-6-14/h9,11-12,14-15,18H,2-8,10H2,1H3,(H,31,32)(H2,27,29,30)/t15-,18-/m0/s1. The van der Waals surface area contributed by atoms with Crippen LogP contribution in [0.5, 0.6) is 5.75 Å². The fraction of sp³-hybridized carbons (Fsp3) is 0.500. The van der Waals surface area contributed by atoms with Crippen LogP contribution in [-0.2, 0) is 16.2 Å². The van der Waals surface area contributed by atoms with E-state index >= 15 is 0 Å². The summed E-state index contributed by atoms with van der Waals surface area (Å²) in [6.45, 7) is 2.25. The summed E-state index contributed by atoms with van der Waals surface area (Å²) < 4.78 is 6.73. The van der Waals surface area contributed by atoms with Gasteiger partial charge in [-0.3, -0.25) is 4.79 Å². The van der Waals surface area contributed by atoms with E-state index in [2.05, 4.69) is 25.8 Å². The van der Waals surface area contributed by atoms with Gasteiger partial charge in [-0.15, -0.1) is 11.3 Å². The lowest BCUT2D eigenvalue weighted by molar-refractivity contribution is -0.143. The topological polar surface area (TPSA) is 118 Å². The highest BCUT2D eigenvalue weighted by atomic mass is 35.5. The van der Waals surface area contributed by atoms with Crippen molar-refractivity contribution >= 4 is 34.9 Å². The van der Waals surface area contributed by atoms with Gasteiger partial charge in [0.25, 0.3) is 0 Å². The molecule has 11 heteroatoms. The Balaban J connectivity index is 1.27. The average Bonchev–Trinajstić information content (AvgIpc) is 3.58. The van der Waals surface area contributed by atoms with E-state index in [1.807, 2.05) is 13.0 Å². The number of carboxylic acids is 1. The van der Waals surface area contributed by atoms with Crippen LogP contribution in [0, 0.1) is 18.8 Å². The fourth-order valence-corrected chi connectivity index (χ4v) is 5.57. The highest BCUT2D eigenvalue weighted by Gasteiger charge is 2.29. The van der Waals surface area contributed by atoms with Gasteiger partial charge in [-0.2, -0.15) is 5.48 Å². The van der Waals surface area contributed by atoms with Gasteiger partial charge in [-0.25, -0.2) is 15.0 Å². The quantitative estimate of drug-likeness (QED) is 0.456. The van der Waals surface area contributed by atoms with Gasteiger partial charge in [0.05, 0.1) is 45.4 Å². The molecule has 2 aromatic heterocycles. The van der Waals surface area contributed by atoms with Gasteiger partial charge >= 0.3 is 5.97 Å². The van der Waals surface area contributed by atoms with Gasteiger partial charge in [0.1, 0.15) is 6.26 Å². The zero-order chi connectivity index (χ0) is 24.4. The number of hydrogen-bond donors (Lipinski definition) is 3. The number of allylic oxidation sites excluding steroid dienone is 1. The number of aliphatic carboxylic acids is 1. The second-order valence-corrected chi connectivity index (χ2v) is 11.0.